The maximum atomic E-state index is 15.0. The van der Waals surface area contributed by atoms with Gasteiger partial charge in [-0.3, -0.25) is 19.1 Å². The third-order valence-electron chi connectivity index (χ3n) is 12.3. The molecule has 0 spiro atoms. The summed E-state index contributed by atoms with van der Waals surface area (Å²) in [7, 11) is -2.49. The van der Waals surface area contributed by atoms with Crippen molar-refractivity contribution in [2.24, 2.45) is 17.8 Å². The van der Waals surface area contributed by atoms with Gasteiger partial charge in [-0.2, -0.15) is 13.2 Å². The van der Waals surface area contributed by atoms with Crippen molar-refractivity contribution < 1.29 is 59.4 Å². The zero-order valence-electron chi connectivity index (χ0n) is 35.0. The van der Waals surface area contributed by atoms with Crippen LogP contribution in [0, 0.1) is 17.8 Å². The lowest BCUT2D eigenvalue weighted by Crippen LogP contribution is -2.59. The summed E-state index contributed by atoms with van der Waals surface area (Å²) in [5, 5.41) is 5.67. The number of rotatable bonds is 10. The molecule has 7 atom stereocenters. The highest BCUT2D eigenvalue weighted by Crippen LogP contribution is 2.46. The molecular weight excluding hydrogens is 838 g/mol. The van der Waals surface area contributed by atoms with Crippen molar-refractivity contribution in [3.8, 4) is 23.0 Å². The van der Waals surface area contributed by atoms with E-state index in [4.69, 9.17) is 18.6 Å². The lowest BCUT2D eigenvalue weighted by atomic mass is 9.85. The van der Waals surface area contributed by atoms with E-state index in [0.717, 1.165) is 0 Å². The molecule has 4 aliphatic rings. The van der Waals surface area contributed by atoms with E-state index < -0.39 is 86.4 Å². The highest BCUT2D eigenvalue weighted by atomic mass is 32.2. The molecule has 0 bridgehead atoms. The molecule has 62 heavy (non-hydrogen) atoms. The number of hydrogen-bond donors (Lipinski definition) is 3. The van der Waals surface area contributed by atoms with Crippen molar-refractivity contribution in [1.82, 2.24) is 30.2 Å². The number of carbonyl (C=O) groups is 4. The summed E-state index contributed by atoms with van der Waals surface area (Å²) >= 11 is 0. The predicted molar refractivity (Wildman–Crippen MR) is 217 cm³/mol. The Hall–Kier alpha value is -5.40. The standard InChI is InChI=1S/C42H51F3N6O10S/c1-6-24-15-23(2)9-7-8-10-25-18-41(25,38(54)50-62(56,57)28-12-13-28)49-35(52)32-17-27(21-51(32)37(53)34(24)48-39(55)61-40(3,4)42(43,44)45)60-36-29-14-11-26(58-5)16-30(29)31(19-47-36)33-20-46-22-59-33/h8,10-11,14,16,19-20,22-25,27-28,32,34H,6-7,9,12-13,15,17-18,21H2,1-5H3,(H,48,55)(H,49,52)(H,50,54)/b10-8-/t23-,24-,25-,27-,32+,34+,41-/m1/s1. The molecule has 3 N–H and O–H groups in total. The predicted octanol–water partition coefficient (Wildman–Crippen LogP) is 5.57. The summed E-state index contributed by atoms with van der Waals surface area (Å²) in [5.74, 6) is -2.61. The average molecular weight is 889 g/mol. The van der Waals surface area contributed by atoms with Gasteiger partial charge in [-0.25, -0.2) is 23.2 Å². The van der Waals surface area contributed by atoms with Gasteiger partial charge in [0.05, 0.1) is 25.1 Å². The van der Waals surface area contributed by atoms with Gasteiger partial charge in [-0.1, -0.05) is 32.4 Å². The van der Waals surface area contributed by atoms with Crippen molar-refractivity contribution in [3.63, 3.8) is 0 Å². The fraction of sp³-hybridized carbons (Fsp3) is 0.571. The molecule has 336 valence electrons. The van der Waals surface area contributed by atoms with Crippen LogP contribution in [0.15, 0.2) is 53.6 Å². The van der Waals surface area contributed by atoms with E-state index in [1.807, 2.05) is 13.0 Å². The number of amides is 4. The summed E-state index contributed by atoms with van der Waals surface area (Å²) in [6.45, 7) is 4.89. The number of sulfonamides is 1. The number of hydrogen-bond acceptors (Lipinski definition) is 12. The monoisotopic (exact) mass is 888 g/mol. The number of alkyl carbamates (subject to hydrolysis) is 1. The van der Waals surface area contributed by atoms with Crippen molar-refractivity contribution in [2.45, 2.75) is 120 Å². The second-order valence-electron chi connectivity index (χ2n) is 17.2. The second kappa shape index (κ2) is 17.0. The molecule has 2 aliphatic carbocycles. The third-order valence-corrected chi connectivity index (χ3v) is 14.1. The van der Waals surface area contributed by atoms with Gasteiger partial charge in [-0.15, -0.1) is 0 Å². The van der Waals surface area contributed by atoms with Gasteiger partial charge in [-0.05, 0) is 82.4 Å². The zero-order valence-corrected chi connectivity index (χ0v) is 35.8. The van der Waals surface area contributed by atoms with Gasteiger partial charge in [0.15, 0.2) is 12.2 Å². The lowest BCUT2D eigenvalue weighted by molar-refractivity contribution is -0.244. The van der Waals surface area contributed by atoms with Crippen LogP contribution in [-0.2, 0) is 29.1 Å². The largest absolute Gasteiger partial charge is 0.497 e. The summed E-state index contributed by atoms with van der Waals surface area (Å²) in [5.41, 5.74) is -3.98. The van der Waals surface area contributed by atoms with Crippen LogP contribution in [0.4, 0.5) is 18.0 Å². The van der Waals surface area contributed by atoms with E-state index in [0.29, 0.717) is 80.2 Å². The second-order valence-corrected chi connectivity index (χ2v) is 19.2. The molecule has 0 radical (unpaired) electrons. The van der Waals surface area contributed by atoms with Crippen molar-refractivity contribution in [2.75, 3.05) is 13.7 Å². The molecule has 1 aromatic carbocycles. The molecular formula is C42H51F3N6O10S. The van der Waals surface area contributed by atoms with Gasteiger partial charge < -0.3 is 34.2 Å². The SMILES string of the molecule is CC[C@@H]1C[C@H](C)CC/C=C\[C@@H]2C[C@@]2(C(=O)NS(=O)(=O)C2CC2)NC(=O)[C@@H]2C[C@@H](Oc3ncc(-c4cnco4)c4cc(OC)ccc34)CN2C(=O)[C@H]1NC(=O)OC(C)(C)C(F)(F)F. The Morgan fingerprint density at radius 1 is 1.10 bits per heavy atom. The molecule has 3 fully saturated rings. The molecule has 2 aliphatic heterocycles. The Labute approximate surface area is 356 Å². The molecule has 7 rings (SSSR count). The van der Waals surface area contributed by atoms with E-state index in [-0.39, 0.29) is 31.2 Å². The fourth-order valence-corrected chi connectivity index (χ4v) is 9.64. The molecule has 1 saturated heterocycles. The van der Waals surface area contributed by atoms with E-state index in [2.05, 4.69) is 25.3 Å². The van der Waals surface area contributed by atoms with Gasteiger partial charge >= 0.3 is 12.3 Å². The van der Waals surface area contributed by atoms with Gasteiger partial charge in [0, 0.05) is 34.9 Å². The number of methoxy groups -OCH3 is 1. The Morgan fingerprint density at radius 2 is 1.85 bits per heavy atom. The van der Waals surface area contributed by atoms with Crippen LogP contribution >= 0.6 is 0 Å². The Morgan fingerprint density at radius 3 is 2.52 bits per heavy atom. The van der Waals surface area contributed by atoms with E-state index >= 15 is 0 Å². The summed E-state index contributed by atoms with van der Waals surface area (Å²) in [4.78, 5) is 66.6. The molecule has 2 saturated carbocycles. The van der Waals surface area contributed by atoms with Crippen LogP contribution in [0.2, 0.25) is 0 Å². The lowest BCUT2D eigenvalue weighted by Gasteiger charge is -2.35. The van der Waals surface area contributed by atoms with Crippen LogP contribution in [-0.4, -0.2) is 102 Å². The van der Waals surface area contributed by atoms with E-state index in [1.165, 1.54) is 30.8 Å². The van der Waals surface area contributed by atoms with E-state index in [9.17, 15) is 40.8 Å². The molecule has 3 aromatic rings. The minimum Gasteiger partial charge on any atom is -0.497 e. The Balaban J connectivity index is 1.26. The summed E-state index contributed by atoms with van der Waals surface area (Å²) in [6, 6.07) is 2.38. The third kappa shape index (κ3) is 9.20. The number of nitrogens with zero attached hydrogens (tertiary/aromatic N) is 3. The van der Waals surface area contributed by atoms with Crippen molar-refractivity contribution >= 4 is 44.6 Å². The zero-order chi connectivity index (χ0) is 44.8. The molecule has 20 heteroatoms. The van der Waals surface area contributed by atoms with Crippen LogP contribution in [0.5, 0.6) is 11.6 Å². The summed E-state index contributed by atoms with van der Waals surface area (Å²) < 4.78 is 92.0. The number of alkyl halides is 3. The maximum Gasteiger partial charge on any atom is 0.427 e. The highest BCUT2D eigenvalue weighted by molar-refractivity contribution is 7.91. The van der Waals surface area contributed by atoms with Gasteiger partial charge in [0.25, 0.3) is 5.91 Å². The van der Waals surface area contributed by atoms with Gasteiger partial charge in [0.1, 0.15) is 29.5 Å². The minimum atomic E-state index is -4.93. The first-order chi connectivity index (χ1) is 29.3. The molecule has 4 amide bonds. The number of oxazole rings is 1. The maximum absolute atomic E-state index is 15.0. The molecule has 4 heterocycles. The summed E-state index contributed by atoms with van der Waals surface area (Å²) in [6.07, 6.45) is 3.23. The number of benzene rings is 1. The average Bonchev–Trinajstić information content (AvgIpc) is 4.08. The number of ether oxygens (including phenoxy) is 3. The molecule has 0 unspecified atom stereocenters. The van der Waals surface area contributed by atoms with Crippen LogP contribution in [0.3, 0.4) is 0 Å². The number of carbonyl (C=O) groups excluding carboxylic acids is 4. The highest BCUT2D eigenvalue weighted by Gasteiger charge is 2.62. The number of aromatic nitrogens is 2. The molecule has 16 nitrogen and oxygen atoms in total. The number of allylic oxidation sites excluding steroid dienone is 1. The number of nitrogens with one attached hydrogen (secondary N) is 3. The Kier molecular flexibility index (Phi) is 12.3. The Bertz CT molecular complexity index is 2340. The van der Waals surface area contributed by atoms with Gasteiger partial charge in [0.2, 0.25) is 33.3 Å². The van der Waals surface area contributed by atoms with Crippen molar-refractivity contribution in [3.05, 3.63) is 49.1 Å². The number of fused-ring (bicyclic) bond motifs is 3. The first-order valence-corrected chi connectivity index (χ1v) is 22.2. The quantitative estimate of drug-likeness (QED) is 0.214. The first-order valence-electron chi connectivity index (χ1n) is 20.7. The van der Waals surface area contributed by atoms with Crippen LogP contribution in [0.25, 0.3) is 22.1 Å². The van der Waals surface area contributed by atoms with Crippen LogP contribution in [0.1, 0.15) is 79.1 Å². The van der Waals surface area contributed by atoms with Crippen molar-refractivity contribution in [1.29, 1.82) is 0 Å². The fourth-order valence-electron chi connectivity index (χ4n) is 8.28. The smallest absolute Gasteiger partial charge is 0.427 e. The molecule has 2 aromatic heterocycles. The number of halogens is 3. The number of pyridine rings is 1. The van der Waals surface area contributed by atoms with E-state index in [1.54, 1.807) is 31.2 Å². The van der Waals surface area contributed by atoms with Crippen LogP contribution < -0.4 is 24.8 Å². The minimum absolute atomic E-state index is 0.0477. The topological polar surface area (TPSA) is 208 Å². The first kappa shape index (κ1) is 44.6. The normalized spacial score (nSPS) is 27.8.